The predicted octanol–water partition coefficient (Wildman–Crippen LogP) is 1.75. The molecule has 0 saturated heterocycles. The minimum Gasteiger partial charge on any atom is -0.478 e. The Morgan fingerprint density at radius 3 is 2.43 bits per heavy atom. The number of aromatic carboxylic acids is 1. The van der Waals surface area contributed by atoms with Crippen molar-refractivity contribution in [2.45, 2.75) is 18.1 Å². The molecule has 2 aromatic carbocycles. The Hall–Kier alpha value is -1.80. The van der Waals surface area contributed by atoms with Crippen LogP contribution in [0.25, 0.3) is 0 Å². The van der Waals surface area contributed by atoms with E-state index in [-0.39, 0.29) is 5.56 Å². The topological polar surface area (TPSA) is 89.8 Å². The van der Waals surface area contributed by atoms with Crippen LogP contribution in [0.3, 0.4) is 0 Å². The standard InChI is InChI=1S/C16H18BNO4S/c19-16(20)14-8-4-7-13(9-14)10-15(17(21)22)18-23-11-12-5-2-1-3-6-12/h1-9,15,18,21-22H,10-11H2,(H,19,20). The number of carboxylic acids is 1. The van der Waals surface area contributed by atoms with Crippen LogP contribution in [-0.2, 0) is 12.2 Å². The zero-order valence-electron chi connectivity index (χ0n) is 12.4. The lowest BCUT2D eigenvalue weighted by molar-refractivity contribution is 0.0696. The molecule has 1 unspecified atom stereocenters. The summed E-state index contributed by atoms with van der Waals surface area (Å²) in [5.41, 5.74) is 2.05. The Bertz CT molecular complexity index is 639. The van der Waals surface area contributed by atoms with E-state index in [4.69, 9.17) is 5.11 Å². The first-order valence-corrected chi connectivity index (χ1v) is 8.14. The number of benzene rings is 2. The Morgan fingerprint density at radius 2 is 1.78 bits per heavy atom. The third-order valence-corrected chi connectivity index (χ3v) is 4.25. The van der Waals surface area contributed by atoms with Gasteiger partial charge in [0, 0.05) is 5.75 Å². The fraction of sp³-hybridized carbons (Fsp3) is 0.188. The van der Waals surface area contributed by atoms with Gasteiger partial charge in [-0.3, -0.25) is 4.72 Å². The predicted molar refractivity (Wildman–Crippen MR) is 92.0 cm³/mol. The number of nitrogens with one attached hydrogen (secondary N) is 1. The van der Waals surface area contributed by atoms with Crippen LogP contribution >= 0.6 is 11.9 Å². The van der Waals surface area contributed by atoms with Crippen molar-refractivity contribution in [3.8, 4) is 0 Å². The van der Waals surface area contributed by atoms with Gasteiger partial charge in [0.1, 0.15) is 0 Å². The van der Waals surface area contributed by atoms with E-state index in [2.05, 4.69) is 4.72 Å². The van der Waals surface area contributed by atoms with Crippen molar-refractivity contribution in [3.05, 3.63) is 71.3 Å². The third kappa shape index (κ3) is 5.72. The maximum atomic E-state index is 11.0. The zero-order chi connectivity index (χ0) is 16.7. The molecule has 0 bridgehead atoms. The van der Waals surface area contributed by atoms with Gasteiger partial charge in [-0.2, -0.15) is 0 Å². The number of hydrogen-bond acceptors (Lipinski definition) is 5. The fourth-order valence-electron chi connectivity index (χ4n) is 2.10. The van der Waals surface area contributed by atoms with Gasteiger partial charge in [-0.25, -0.2) is 4.79 Å². The Labute approximate surface area is 139 Å². The molecule has 2 rings (SSSR count). The Balaban J connectivity index is 1.93. The van der Waals surface area contributed by atoms with Gasteiger partial charge >= 0.3 is 13.1 Å². The van der Waals surface area contributed by atoms with Gasteiger partial charge in [0.15, 0.2) is 0 Å². The first-order chi connectivity index (χ1) is 11.1. The van der Waals surface area contributed by atoms with Gasteiger partial charge in [0.05, 0.1) is 11.5 Å². The molecule has 1 atom stereocenters. The van der Waals surface area contributed by atoms with E-state index in [9.17, 15) is 14.8 Å². The lowest BCUT2D eigenvalue weighted by Gasteiger charge is -2.17. The summed E-state index contributed by atoms with van der Waals surface area (Å²) in [5.74, 6) is -0.897. The van der Waals surface area contributed by atoms with E-state index in [0.29, 0.717) is 12.2 Å². The number of carbonyl (C=O) groups is 1. The molecule has 5 nitrogen and oxygen atoms in total. The third-order valence-electron chi connectivity index (χ3n) is 3.31. The van der Waals surface area contributed by atoms with Gasteiger partial charge < -0.3 is 15.2 Å². The van der Waals surface area contributed by atoms with Gasteiger partial charge in [0.2, 0.25) is 0 Å². The molecule has 0 aliphatic carbocycles. The smallest absolute Gasteiger partial charge is 0.470 e. The maximum Gasteiger partial charge on any atom is 0.470 e. The molecule has 4 N–H and O–H groups in total. The molecule has 7 heteroatoms. The maximum absolute atomic E-state index is 11.0. The molecule has 23 heavy (non-hydrogen) atoms. The molecule has 0 saturated carbocycles. The highest BCUT2D eigenvalue weighted by molar-refractivity contribution is 7.96. The molecule has 120 valence electrons. The molecular formula is C16H18BNO4S. The van der Waals surface area contributed by atoms with Crippen LogP contribution < -0.4 is 4.72 Å². The van der Waals surface area contributed by atoms with Crippen LogP contribution in [0.5, 0.6) is 0 Å². The quantitative estimate of drug-likeness (QED) is 0.435. The molecule has 0 radical (unpaired) electrons. The lowest BCUT2D eigenvalue weighted by Crippen LogP contribution is -2.42. The summed E-state index contributed by atoms with van der Waals surface area (Å²) in [5, 5.41) is 28.0. The van der Waals surface area contributed by atoms with Gasteiger partial charge in [0.25, 0.3) is 0 Å². The molecule has 0 fully saturated rings. The molecular weight excluding hydrogens is 313 g/mol. The molecule has 0 amide bonds. The molecule has 2 aromatic rings. The van der Waals surface area contributed by atoms with E-state index in [1.54, 1.807) is 18.2 Å². The number of rotatable bonds is 8. The van der Waals surface area contributed by atoms with Crippen LogP contribution in [-0.4, -0.2) is 34.2 Å². The minimum absolute atomic E-state index is 0.186. The van der Waals surface area contributed by atoms with Gasteiger partial charge in [-0.15, -0.1) is 0 Å². The zero-order valence-corrected chi connectivity index (χ0v) is 13.2. The SMILES string of the molecule is O=C(O)c1cccc(CC(NSCc2ccccc2)B(O)O)c1. The molecule has 0 aliphatic rings. The molecule has 0 spiro atoms. The van der Waals surface area contributed by atoms with Gasteiger partial charge in [-0.1, -0.05) is 54.4 Å². The van der Waals surface area contributed by atoms with E-state index in [1.165, 1.54) is 18.0 Å². The second kappa shape index (κ2) is 8.74. The second-order valence-electron chi connectivity index (χ2n) is 5.12. The van der Waals surface area contributed by atoms with Crippen molar-refractivity contribution in [3.63, 3.8) is 0 Å². The second-order valence-corrected chi connectivity index (χ2v) is 5.93. The number of hydrogen-bond donors (Lipinski definition) is 4. The summed E-state index contributed by atoms with van der Waals surface area (Å²) in [7, 11) is -1.54. The highest BCUT2D eigenvalue weighted by Crippen LogP contribution is 2.13. The van der Waals surface area contributed by atoms with Crippen molar-refractivity contribution in [2.75, 3.05) is 0 Å². The van der Waals surface area contributed by atoms with Crippen molar-refractivity contribution in [2.24, 2.45) is 0 Å². The molecule has 0 aromatic heterocycles. The van der Waals surface area contributed by atoms with Crippen molar-refractivity contribution < 1.29 is 19.9 Å². The summed E-state index contributed by atoms with van der Waals surface area (Å²) >= 11 is 1.39. The molecule has 0 heterocycles. The van der Waals surface area contributed by atoms with Crippen LogP contribution in [0.1, 0.15) is 21.5 Å². The summed E-state index contributed by atoms with van der Waals surface area (Å²) in [4.78, 5) is 11.0. The lowest BCUT2D eigenvalue weighted by atomic mass is 9.76. The highest BCUT2D eigenvalue weighted by Gasteiger charge is 2.23. The van der Waals surface area contributed by atoms with Crippen LogP contribution in [0.15, 0.2) is 54.6 Å². The molecule has 0 aliphatic heterocycles. The van der Waals surface area contributed by atoms with E-state index < -0.39 is 19.0 Å². The van der Waals surface area contributed by atoms with E-state index >= 15 is 0 Å². The Morgan fingerprint density at radius 1 is 1.09 bits per heavy atom. The summed E-state index contributed by atoms with van der Waals surface area (Å²) in [6.07, 6.45) is 0.320. The minimum atomic E-state index is -1.54. The van der Waals surface area contributed by atoms with Crippen LogP contribution in [0.2, 0.25) is 0 Å². The summed E-state index contributed by atoms with van der Waals surface area (Å²) < 4.78 is 3.03. The normalized spacial score (nSPS) is 11.9. The summed E-state index contributed by atoms with van der Waals surface area (Å²) in [6.45, 7) is 0. The number of carboxylic acid groups (broad SMARTS) is 1. The average Bonchev–Trinajstić information content (AvgIpc) is 2.55. The van der Waals surface area contributed by atoms with Crippen LogP contribution in [0, 0.1) is 0 Å². The first-order valence-electron chi connectivity index (χ1n) is 7.16. The summed E-state index contributed by atoms with van der Waals surface area (Å²) in [6, 6.07) is 16.3. The Kier molecular flexibility index (Phi) is 6.67. The largest absolute Gasteiger partial charge is 0.478 e. The van der Waals surface area contributed by atoms with Crippen molar-refractivity contribution >= 4 is 25.0 Å². The average molecular weight is 331 g/mol. The van der Waals surface area contributed by atoms with Crippen molar-refractivity contribution in [1.82, 2.24) is 4.72 Å². The first kappa shape index (κ1) is 17.6. The van der Waals surface area contributed by atoms with Crippen molar-refractivity contribution in [1.29, 1.82) is 0 Å². The fourth-order valence-corrected chi connectivity index (χ4v) is 2.96. The van der Waals surface area contributed by atoms with E-state index in [0.717, 1.165) is 11.1 Å². The van der Waals surface area contributed by atoms with Crippen LogP contribution in [0.4, 0.5) is 0 Å². The highest BCUT2D eigenvalue weighted by atomic mass is 32.2. The van der Waals surface area contributed by atoms with Gasteiger partial charge in [-0.05, 0) is 29.7 Å². The van der Waals surface area contributed by atoms with E-state index in [1.807, 2.05) is 30.3 Å². The monoisotopic (exact) mass is 331 g/mol.